The first-order chi connectivity index (χ1) is 10.5. The highest BCUT2D eigenvalue weighted by molar-refractivity contribution is 14.2. The third-order valence-corrected chi connectivity index (χ3v) is 3.53. The second-order valence-electron chi connectivity index (χ2n) is 4.20. The van der Waals surface area contributed by atoms with Gasteiger partial charge in [0, 0.05) is 27.6 Å². The summed E-state index contributed by atoms with van der Waals surface area (Å²) in [4.78, 5) is 20.6. The number of aliphatic hydroxyl groups excluding tert-OH is 1. The molecule has 1 aliphatic rings. The zero-order chi connectivity index (χ0) is 16.4. The van der Waals surface area contributed by atoms with E-state index in [1.54, 1.807) is 0 Å². The van der Waals surface area contributed by atoms with E-state index in [4.69, 9.17) is 19.1 Å². The molecule has 0 aliphatic carbocycles. The van der Waals surface area contributed by atoms with Crippen LogP contribution < -0.4 is 0 Å². The van der Waals surface area contributed by atoms with Crippen LogP contribution in [0.5, 0.6) is 0 Å². The monoisotopic (exact) mass is 442 g/mol. The summed E-state index contributed by atoms with van der Waals surface area (Å²) in [6, 6.07) is 9.15. The van der Waals surface area contributed by atoms with E-state index < -0.39 is 18.2 Å². The van der Waals surface area contributed by atoms with Crippen LogP contribution >= 0.6 is 30.4 Å². The van der Waals surface area contributed by atoms with E-state index in [9.17, 15) is 9.59 Å². The van der Waals surface area contributed by atoms with Crippen LogP contribution in [0.25, 0.3) is 0 Å². The van der Waals surface area contributed by atoms with Gasteiger partial charge in [0.05, 0.1) is 15.8 Å². The van der Waals surface area contributed by atoms with Gasteiger partial charge in [-0.25, -0.2) is 9.59 Å². The van der Waals surface area contributed by atoms with Gasteiger partial charge in [-0.2, -0.15) is 0 Å². The first-order valence-electron chi connectivity index (χ1n) is 6.21. The van der Waals surface area contributed by atoms with Crippen molar-refractivity contribution in [3.8, 4) is 0 Å². The lowest BCUT2D eigenvalue weighted by atomic mass is 10.2. The first-order valence-corrected chi connectivity index (χ1v) is 9.49. The van der Waals surface area contributed by atoms with Crippen LogP contribution in [-0.2, 0) is 25.1 Å². The van der Waals surface area contributed by atoms with E-state index in [1.807, 2.05) is 51.5 Å². The number of carboxylic acid groups (broad SMARTS) is 1. The van der Waals surface area contributed by atoms with Crippen molar-refractivity contribution in [2.45, 2.75) is 25.2 Å². The fourth-order valence-corrected chi connectivity index (χ4v) is 2.20. The third kappa shape index (κ3) is 7.82. The highest BCUT2D eigenvalue weighted by atomic mass is 127. The first kappa shape index (κ1) is 19.0. The molecule has 2 unspecified atom stereocenters. The molecule has 0 aromatic heterocycles. The normalized spacial score (nSPS) is 19.8. The molecule has 2 rings (SSSR count). The van der Waals surface area contributed by atoms with Gasteiger partial charge in [0.25, 0.3) is 0 Å². The lowest BCUT2D eigenvalue weighted by Crippen LogP contribution is -2.12. The molecule has 0 amide bonds. The number of esters is 1. The molecule has 7 nitrogen and oxygen atoms in total. The Kier molecular flexibility index (Phi) is 9.20. The van der Waals surface area contributed by atoms with Crippen molar-refractivity contribution in [3.63, 3.8) is 0 Å². The van der Waals surface area contributed by atoms with Crippen LogP contribution in [0, 0.1) is 0 Å². The molecule has 1 aliphatic heterocycles. The Morgan fingerprint density at radius 2 is 2.09 bits per heavy atom. The maximum absolute atomic E-state index is 10.6. The van der Waals surface area contributed by atoms with Gasteiger partial charge in [0.2, 0.25) is 0 Å². The van der Waals surface area contributed by atoms with Crippen LogP contribution in [-0.4, -0.2) is 41.2 Å². The van der Waals surface area contributed by atoms with Crippen LogP contribution in [0.4, 0.5) is 4.79 Å². The van der Waals surface area contributed by atoms with Crippen molar-refractivity contribution >= 4 is 42.5 Å². The average molecular weight is 442 g/mol. The molecule has 1 saturated heterocycles. The van der Waals surface area contributed by atoms with Crippen molar-refractivity contribution in [3.05, 3.63) is 35.9 Å². The molecule has 0 spiro atoms. The molecule has 1 aromatic rings. The van der Waals surface area contributed by atoms with Gasteiger partial charge in [-0.15, -0.1) is 0 Å². The molecular formula is C13H15IO7S. The maximum Gasteiger partial charge on any atom is 0.506 e. The number of carbonyl (C=O) groups excluding carboxylic acids is 1. The number of benzene rings is 1. The Morgan fingerprint density at radius 1 is 1.41 bits per heavy atom. The summed E-state index contributed by atoms with van der Waals surface area (Å²) >= 11 is 1.98. The Balaban J connectivity index is 0.000000220. The maximum atomic E-state index is 10.6. The van der Waals surface area contributed by atoms with Crippen LogP contribution in [0.2, 0.25) is 0 Å². The van der Waals surface area contributed by atoms with E-state index in [1.165, 1.54) is 9.21 Å². The smallest absolute Gasteiger partial charge is 0.458 e. The van der Waals surface area contributed by atoms with E-state index in [0.29, 0.717) is 13.0 Å². The number of hydrogen-bond donors (Lipinski definition) is 2. The van der Waals surface area contributed by atoms with Crippen LogP contribution in [0.15, 0.2) is 30.3 Å². The molecule has 2 N–H and O–H groups in total. The Bertz CT molecular complexity index is 471. The Hall–Kier alpha value is -1.04. The molecule has 0 radical (unpaired) electrons. The Labute approximate surface area is 143 Å². The van der Waals surface area contributed by atoms with Crippen LogP contribution in [0.1, 0.15) is 12.0 Å². The second-order valence-corrected chi connectivity index (χ2v) is 5.64. The quantitative estimate of drug-likeness (QED) is 0.408. The molecule has 9 heteroatoms. The molecule has 0 saturated carbocycles. The SMILES string of the molecule is O=C(O)OCc1ccccc1.O=C1OC(COSI)CC1O. The van der Waals surface area contributed by atoms with E-state index in [-0.39, 0.29) is 12.7 Å². The van der Waals surface area contributed by atoms with E-state index in [2.05, 4.69) is 4.74 Å². The van der Waals surface area contributed by atoms with Gasteiger partial charge in [-0.3, -0.25) is 0 Å². The van der Waals surface area contributed by atoms with Crippen molar-refractivity contribution in [1.82, 2.24) is 0 Å². The van der Waals surface area contributed by atoms with Crippen LogP contribution in [0.3, 0.4) is 0 Å². The standard InChI is InChI=1S/C8H8O3.C5H7IO4S/c9-8(10)11-6-7-4-2-1-3-5-7;6-11-9-2-3-1-4(7)5(8)10-3/h1-5H,6H2,(H,9,10);3-4,7H,1-2H2. The fraction of sp³-hybridized carbons (Fsp3) is 0.385. The summed E-state index contributed by atoms with van der Waals surface area (Å²) in [6.07, 6.45) is -2.13. The number of carbonyl (C=O) groups is 2. The third-order valence-electron chi connectivity index (χ3n) is 2.54. The molecule has 1 fully saturated rings. The summed E-state index contributed by atoms with van der Waals surface area (Å²) in [5.74, 6) is -0.544. The number of halogens is 1. The zero-order valence-electron chi connectivity index (χ0n) is 11.4. The van der Waals surface area contributed by atoms with E-state index >= 15 is 0 Å². The van der Waals surface area contributed by atoms with Crippen molar-refractivity contribution in [1.29, 1.82) is 0 Å². The van der Waals surface area contributed by atoms with Gasteiger partial charge >= 0.3 is 12.1 Å². The highest BCUT2D eigenvalue weighted by Gasteiger charge is 2.32. The summed E-state index contributed by atoms with van der Waals surface area (Å²) in [5.41, 5.74) is 0.856. The van der Waals surface area contributed by atoms with Gasteiger partial charge in [0.15, 0.2) is 6.10 Å². The molecule has 122 valence electrons. The fourth-order valence-electron chi connectivity index (χ4n) is 1.56. The molecular weight excluding hydrogens is 427 g/mol. The molecule has 0 bridgehead atoms. The van der Waals surface area contributed by atoms with Gasteiger partial charge in [0.1, 0.15) is 12.7 Å². The molecule has 1 aromatic carbocycles. The largest absolute Gasteiger partial charge is 0.506 e. The predicted molar refractivity (Wildman–Crippen MR) is 87.3 cm³/mol. The number of rotatable bonds is 5. The summed E-state index contributed by atoms with van der Waals surface area (Å²) in [6.45, 7) is 0.465. The Morgan fingerprint density at radius 3 is 2.59 bits per heavy atom. The summed E-state index contributed by atoms with van der Waals surface area (Å²) in [7, 11) is 1.19. The molecule has 2 atom stereocenters. The topological polar surface area (TPSA) is 102 Å². The van der Waals surface area contributed by atoms with Gasteiger partial charge in [-0.1, -0.05) is 30.3 Å². The highest BCUT2D eigenvalue weighted by Crippen LogP contribution is 2.19. The van der Waals surface area contributed by atoms with Crippen molar-refractivity contribution in [2.75, 3.05) is 6.61 Å². The predicted octanol–water partition coefficient (Wildman–Crippen LogP) is 2.56. The second kappa shape index (κ2) is 10.6. The van der Waals surface area contributed by atoms with Crippen molar-refractivity contribution in [2.24, 2.45) is 0 Å². The molecule has 1 heterocycles. The van der Waals surface area contributed by atoms with Gasteiger partial charge < -0.3 is 23.9 Å². The number of aliphatic hydroxyl groups is 1. The average Bonchev–Trinajstić information content (AvgIpc) is 2.83. The number of cyclic esters (lactones) is 1. The number of ether oxygens (including phenoxy) is 2. The zero-order valence-corrected chi connectivity index (χ0v) is 14.4. The minimum atomic E-state index is -1.24. The minimum absolute atomic E-state index is 0.121. The summed E-state index contributed by atoms with van der Waals surface area (Å²) in [5, 5.41) is 17.1. The lowest BCUT2D eigenvalue weighted by molar-refractivity contribution is -0.147. The van der Waals surface area contributed by atoms with E-state index in [0.717, 1.165) is 5.56 Å². The summed E-state index contributed by atoms with van der Waals surface area (Å²) < 4.78 is 14.0. The number of hydrogen-bond acceptors (Lipinski definition) is 7. The lowest BCUT2D eigenvalue weighted by Gasteiger charge is -2.05. The van der Waals surface area contributed by atoms with Gasteiger partial charge in [-0.05, 0) is 5.56 Å². The molecule has 22 heavy (non-hydrogen) atoms. The van der Waals surface area contributed by atoms with Crippen molar-refractivity contribution < 1.29 is 33.5 Å². The minimum Gasteiger partial charge on any atom is -0.458 e.